The Labute approximate surface area is 72.8 Å². The Balaban J connectivity index is 2.64. The van der Waals surface area contributed by atoms with Crippen molar-refractivity contribution in [2.45, 2.75) is 6.41 Å². The maximum atomic E-state index is 8.85. The molecule has 13 heavy (non-hydrogen) atoms. The predicted molar refractivity (Wildman–Crippen MR) is 42.3 cm³/mol. The van der Waals surface area contributed by atoms with Gasteiger partial charge in [-0.25, -0.2) is 9.97 Å². The zero-order valence-electron chi connectivity index (χ0n) is 6.49. The van der Waals surface area contributed by atoms with Gasteiger partial charge in [-0.3, -0.25) is 4.57 Å². The molecule has 0 aromatic carbocycles. The summed E-state index contributed by atoms with van der Waals surface area (Å²) < 4.78 is 0.983. The Morgan fingerprint density at radius 2 is 2.15 bits per heavy atom. The molecule has 2 aliphatic rings. The normalized spacial score (nSPS) is 11.3. The third-order valence-corrected chi connectivity index (χ3v) is 1.60. The second-order valence-electron chi connectivity index (χ2n) is 2.44. The van der Waals surface area contributed by atoms with Gasteiger partial charge >= 0.3 is 0 Å². The Bertz CT molecular complexity index is 398. The van der Waals surface area contributed by atoms with E-state index in [1.807, 2.05) is 0 Å². The number of anilines is 1. The van der Waals surface area contributed by atoms with Crippen molar-refractivity contribution in [3.05, 3.63) is 12.5 Å². The molecule has 0 atom stereocenters. The van der Waals surface area contributed by atoms with Crippen molar-refractivity contribution in [2.75, 3.05) is 5.73 Å². The molecule has 0 radical (unpaired) electrons. The Morgan fingerprint density at radius 3 is 2.85 bits per heavy atom. The number of nitrogen functional groups attached to an aromatic ring is 1. The average molecular weight is 181 g/mol. The first-order valence-corrected chi connectivity index (χ1v) is 3.49. The maximum Gasteiger partial charge on any atom is 0.241 e. The van der Waals surface area contributed by atoms with E-state index in [0.29, 0.717) is 11.5 Å². The number of nitrogens with zero attached hydrogens (tertiary/aromatic N) is 4. The summed E-state index contributed by atoms with van der Waals surface area (Å²) in [6, 6.07) is 0. The van der Waals surface area contributed by atoms with Crippen molar-refractivity contribution in [3.63, 3.8) is 0 Å². The molecule has 0 saturated heterocycles. The van der Waals surface area contributed by atoms with Gasteiger partial charge in [0.15, 0.2) is 5.82 Å². The van der Waals surface area contributed by atoms with Crippen LogP contribution in [0.3, 0.4) is 0 Å². The summed E-state index contributed by atoms with van der Waals surface area (Å²) in [5.41, 5.74) is 5.87. The van der Waals surface area contributed by atoms with E-state index in [1.54, 1.807) is 0 Å². The molecule has 2 aliphatic heterocycles. The van der Waals surface area contributed by atoms with Crippen LogP contribution in [-0.4, -0.2) is 29.7 Å². The van der Waals surface area contributed by atoms with Crippen LogP contribution in [0.1, 0.15) is 6.41 Å². The van der Waals surface area contributed by atoms with Crippen molar-refractivity contribution in [1.29, 1.82) is 0 Å². The van der Waals surface area contributed by atoms with Crippen molar-refractivity contribution < 1.29 is 10.2 Å². The number of fused-ring (bicyclic) bond motifs is 1. The highest BCUT2D eigenvalue weighted by Gasteiger charge is 2.13. The molecule has 0 fully saturated rings. The van der Waals surface area contributed by atoms with Crippen LogP contribution >= 0.6 is 0 Å². The van der Waals surface area contributed by atoms with Gasteiger partial charge in [-0.15, -0.1) is 0 Å². The van der Waals surface area contributed by atoms with Crippen molar-refractivity contribution in [1.82, 2.24) is 19.5 Å². The van der Waals surface area contributed by atoms with Crippen LogP contribution in [0, 0.1) is 0 Å². The number of imidazole rings is 1. The molecule has 0 aromatic heterocycles. The molecular formula is C6H7N5O2. The lowest BCUT2D eigenvalue weighted by Crippen LogP contribution is -2.14. The summed E-state index contributed by atoms with van der Waals surface area (Å²) in [4.78, 5) is 11.4. The Morgan fingerprint density at radius 1 is 1.38 bits per heavy atom. The van der Waals surface area contributed by atoms with Crippen LogP contribution in [0.4, 0.5) is 5.95 Å². The number of rotatable bonds is 1. The molecule has 0 unspecified atom stereocenters. The van der Waals surface area contributed by atoms with Gasteiger partial charge in [0.1, 0.15) is 12.0 Å². The fourth-order valence-electron chi connectivity index (χ4n) is 0.996. The molecule has 2 rings (SSSR count). The molecule has 0 amide bonds. The summed E-state index contributed by atoms with van der Waals surface area (Å²) in [7, 11) is 0. The molecule has 0 saturated carbocycles. The minimum Gasteiger partial charge on any atom is -0.369 e. The lowest BCUT2D eigenvalue weighted by atomic mass is 10.4. The van der Waals surface area contributed by atoms with Gasteiger partial charge in [0.2, 0.25) is 12.4 Å². The highest BCUT2D eigenvalue weighted by Crippen LogP contribution is 2.17. The lowest BCUT2D eigenvalue weighted by Gasteiger charge is -2.11. The number of aliphatic hydroxyl groups is 2. The van der Waals surface area contributed by atoms with Gasteiger partial charge in [-0.05, 0) is 0 Å². The Hall–Kier alpha value is -1.73. The largest absolute Gasteiger partial charge is 0.369 e. The zero-order chi connectivity index (χ0) is 9.42. The summed E-state index contributed by atoms with van der Waals surface area (Å²) >= 11 is 0. The van der Waals surface area contributed by atoms with Crippen LogP contribution in [0.5, 0.6) is 0 Å². The van der Waals surface area contributed by atoms with Crippen molar-refractivity contribution in [2.24, 2.45) is 0 Å². The van der Waals surface area contributed by atoms with E-state index < -0.39 is 6.41 Å². The van der Waals surface area contributed by atoms with Crippen molar-refractivity contribution in [3.8, 4) is 11.5 Å². The van der Waals surface area contributed by atoms with Gasteiger partial charge in [-0.1, -0.05) is 0 Å². The molecule has 0 spiro atoms. The molecular weight excluding hydrogens is 174 g/mol. The lowest BCUT2D eigenvalue weighted by molar-refractivity contribution is -0.101. The molecule has 7 nitrogen and oxygen atoms in total. The molecule has 4 N–H and O–H groups in total. The average Bonchev–Trinajstić information content (AvgIpc) is 2.48. The molecule has 68 valence electrons. The molecule has 0 bridgehead atoms. The van der Waals surface area contributed by atoms with E-state index in [0.717, 1.165) is 4.57 Å². The highest BCUT2D eigenvalue weighted by atomic mass is 16.5. The smallest absolute Gasteiger partial charge is 0.241 e. The van der Waals surface area contributed by atoms with Crippen LogP contribution in [-0.2, 0) is 0 Å². The van der Waals surface area contributed by atoms with Crippen LogP contribution in [0.15, 0.2) is 12.5 Å². The minimum absolute atomic E-state index is 0.0250. The molecule has 0 aliphatic carbocycles. The number of aliphatic hydroxyl groups excluding tert-OH is 1. The summed E-state index contributed by atoms with van der Waals surface area (Å²) in [6.07, 6.45) is 0.981. The first-order valence-electron chi connectivity index (χ1n) is 3.49. The Kier molecular flexibility index (Phi) is 1.61. The molecule has 0 aromatic rings. The third-order valence-electron chi connectivity index (χ3n) is 1.60. The third kappa shape index (κ3) is 1.19. The van der Waals surface area contributed by atoms with Crippen LogP contribution in [0.2, 0.25) is 0 Å². The van der Waals surface area contributed by atoms with Crippen LogP contribution < -0.4 is 5.73 Å². The quantitative estimate of drug-likeness (QED) is 0.476. The summed E-state index contributed by atoms with van der Waals surface area (Å²) in [5.74, 6) is 0.359. The van der Waals surface area contributed by atoms with Gasteiger partial charge in [-0.2, -0.15) is 4.98 Å². The first kappa shape index (κ1) is 7.90. The van der Waals surface area contributed by atoms with E-state index >= 15 is 0 Å². The topological polar surface area (TPSA) is 110 Å². The fourth-order valence-corrected chi connectivity index (χ4v) is 0.996. The van der Waals surface area contributed by atoms with E-state index in [1.165, 1.54) is 12.5 Å². The summed E-state index contributed by atoms with van der Waals surface area (Å²) in [5, 5.41) is 17.7. The fraction of sp³-hybridized carbons (Fsp3) is 0.167. The van der Waals surface area contributed by atoms with E-state index in [-0.39, 0.29) is 5.95 Å². The molecule has 7 heteroatoms. The second-order valence-corrected chi connectivity index (χ2v) is 2.44. The first-order chi connectivity index (χ1) is 6.18. The highest BCUT2D eigenvalue weighted by molar-refractivity contribution is 5.51. The number of aromatic nitrogens is 4. The summed E-state index contributed by atoms with van der Waals surface area (Å²) in [6.45, 7) is 0. The number of hydrogen-bond acceptors (Lipinski definition) is 6. The van der Waals surface area contributed by atoms with E-state index in [9.17, 15) is 0 Å². The van der Waals surface area contributed by atoms with Gasteiger partial charge in [0.05, 0.1) is 0 Å². The van der Waals surface area contributed by atoms with Crippen LogP contribution in [0.25, 0.3) is 11.5 Å². The second kappa shape index (κ2) is 2.64. The SMILES string of the molecule is Nc1nc2ncnc-2cn1C(O)O. The van der Waals surface area contributed by atoms with Gasteiger partial charge < -0.3 is 15.9 Å². The maximum absolute atomic E-state index is 8.85. The van der Waals surface area contributed by atoms with E-state index in [4.69, 9.17) is 15.9 Å². The molecule has 2 heterocycles. The van der Waals surface area contributed by atoms with Crippen molar-refractivity contribution >= 4 is 5.95 Å². The zero-order valence-corrected chi connectivity index (χ0v) is 6.49. The standard InChI is InChI=1S/C6H7N5O2/c7-5-10-4-3(8-2-9-4)1-11(5)6(12)13/h1-2,6,12-13H,(H2,7,8,9,10). The predicted octanol–water partition coefficient (Wildman–Crippen LogP) is -1.20. The number of nitrogens with two attached hydrogens (primary N) is 1. The van der Waals surface area contributed by atoms with Gasteiger partial charge in [0, 0.05) is 6.20 Å². The monoisotopic (exact) mass is 181 g/mol. The number of hydrogen-bond donors (Lipinski definition) is 3. The van der Waals surface area contributed by atoms with Gasteiger partial charge in [0.25, 0.3) is 0 Å². The minimum atomic E-state index is -1.71. The van der Waals surface area contributed by atoms with E-state index in [2.05, 4.69) is 15.0 Å².